The van der Waals surface area contributed by atoms with Crippen molar-refractivity contribution in [3.63, 3.8) is 0 Å². The summed E-state index contributed by atoms with van der Waals surface area (Å²) in [6.07, 6.45) is 9.62. The van der Waals surface area contributed by atoms with E-state index in [0.29, 0.717) is 8.64 Å². The van der Waals surface area contributed by atoms with Gasteiger partial charge < -0.3 is 59.5 Å². The SMILES string of the molecule is CCCCN(CCCC)C(=S)[S-].CCCCN(CCCC)C(=S)[S-].[Cr+2]. The van der Waals surface area contributed by atoms with Crippen LogP contribution in [0.5, 0.6) is 0 Å². The van der Waals surface area contributed by atoms with Gasteiger partial charge in [-0.1, -0.05) is 62.0 Å². The van der Waals surface area contributed by atoms with E-state index in [9.17, 15) is 0 Å². The molecule has 0 saturated carbocycles. The smallest absolute Gasteiger partial charge is 0.411 e. The third-order valence-corrected chi connectivity index (χ3v) is 4.68. The number of rotatable bonds is 12. The Balaban J connectivity index is -0.000000372. The van der Waals surface area contributed by atoms with Crippen molar-refractivity contribution in [1.29, 1.82) is 0 Å². The van der Waals surface area contributed by atoms with Gasteiger partial charge in [-0.2, -0.15) is 0 Å². The number of hydrogen-bond acceptors (Lipinski definition) is 4. The molecule has 0 bridgehead atoms. The van der Waals surface area contributed by atoms with Crippen LogP contribution in [0, 0.1) is 0 Å². The van der Waals surface area contributed by atoms with Gasteiger partial charge in [-0.25, -0.2) is 0 Å². The Morgan fingerprint density at radius 1 is 0.600 bits per heavy atom. The van der Waals surface area contributed by atoms with E-state index >= 15 is 0 Å². The van der Waals surface area contributed by atoms with Gasteiger partial charge in [-0.3, -0.25) is 0 Å². The Kier molecular flexibility index (Phi) is 27.8. The molecule has 0 saturated heterocycles. The van der Waals surface area contributed by atoms with Crippen LogP contribution in [-0.4, -0.2) is 44.6 Å². The summed E-state index contributed by atoms with van der Waals surface area (Å²) in [5.74, 6) is 0. The molecule has 0 fully saturated rings. The first-order valence-corrected chi connectivity index (χ1v) is 11.0. The van der Waals surface area contributed by atoms with Crippen molar-refractivity contribution in [2.24, 2.45) is 0 Å². The molecule has 0 aliphatic rings. The second-order valence-electron chi connectivity index (χ2n) is 5.92. The zero-order chi connectivity index (χ0) is 18.8. The molecular weight excluding hydrogens is 424 g/mol. The maximum absolute atomic E-state index is 4.98. The fraction of sp³-hybridized carbons (Fsp3) is 0.889. The molecule has 0 spiro atoms. The molecule has 0 rings (SSSR count). The van der Waals surface area contributed by atoms with Crippen molar-refractivity contribution in [3.05, 3.63) is 0 Å². The van der Waals surface area contributed by atoms with Crippen molar-refractivity contribution < 1.29 is 17.4 Å². The van der Waals surface area contributed by atoms with E-state index in [1.807, 2.05) is 0 Å². The van der Waals surface area contributed by atoms with Crippen molar-refractivity contribution in [1.82, 2.24) is 9.80 Å². The molecule has 2 nitrogen and oxygen atoms in total. The van der Waals surface area contributed by atoms with Gasteiger partial charge in [0.25, 0.3) is 0 Å². The minimum Gasteiger partial charge on any atom is -0.411 e. The van der Waals surface area contributed by atoms with Crippen LogP contribution in [0.3, 0.4) is 0 Å². The van der Waals surface area contributed by atoms with Crippen LogP contribution in [0.1, 0.15) is 79.1 Å². The summed E-state index contributed by atoms with van der Waals surface area (Å²) >= 11 is 19.9. The quantitative estimate of drug-likeness (QED) is 0.281. The van der Waals surface area contributed by atoms with Gasteiger partial charge in [0.1, 0.15) is 0 Å². The van der Waals surface area contributed by atoms with Crippen molar-refractivity contribution in [2.45, 2.75) is 79.1 Å². The zero-order valence-corrected chi connectivity index (χ0v) is 21.0. The summed E-state index contributed by atoms with van der Waals surface area (Å²) in [6, 6.07) is 0. The molecule has 0 radical (unpaired) electrons. The molecule has 7 heteroatoms. The minimum absolute atomic E-state index is 0. The number of hydrogen-bond donors (Lipinski definition) is 0. The standard InChI is InChI=1S/2C9H19NS2.Cr/c2*1-3-5-7-10(9(11)12)8-6-4-2;/h2*3-8H2,1-2H3,(H,11,12);/q;;+2/p-2. The van der Waals surface area contributed by atoms with Crippen LogP contribution in [0.25, 0.3) is 0 Å². The average Bonchev–Trinajstić information content (AvgIpc) is 2.55. The van der Waals surface area contributed by atoms with Gasteiger partial charge in [0, 0.05) is 26.2 Å². The summed E-state index contributed by atoms with van der Waals surface area (Å²) in [6.45, 7) is 12.9. The molecule has 148 valence electrons. The molecule has 0 aliphatic carbocycles. The summed E-state index contributed by atoms with van der Waals surface area (Å²) in [5.41, 5.74) is 0. The molecule has 0 amide bonds. The van der Waals surface area contributed by atoms with Crippen molar-refractivity contribution in [3.8, 4) is 0 Å². The number of thiocarbonyl (C=S) groups is 2. The van der Waals surface area contributed by atoms with Crippen LogP contribution in [0.15, 0.2) is 0 Å². The van der Waals surface area contributed by atoms with E-state index in [1.165, 1.54) is 51.4 Å². The van der Waals surface area contributed by atoms with E-state index in [-0.39, 0.29) is 17.4 Å². The largest absolute Gasteiger partial charge is 2.00 e. The Morgan fingerprint density at radius 2 is 0.800 bits per heavy atom. The van der Waals surface area contributed by atoms with E-state index in [1.54, 1.807) is 0 Å². The Morgan fingerprint density at radius 3 is 0.920 bits per heavy atom. The summed E-state index contributed by atoms with van der Waals surface area (Å²) in [5, 5.41) is 0. The molecule has 0 aromatic carbocycles. The second-order valence-corrected chi connectivity index (χ2v) is 7.98. The summed E-state index contributed by atoms with van der Waals surface area (Å²) in [4.78, 5) is 4.27. The van der Waals surface area contributed by atoms with E-state index < -0.39 is 0 Å². The van der Waals surface area contributed by atoms with Crippen LogP contribution < -0.4 is 0 Å². The molecule has 0 aromatic rings. The predicted octanol–water partition coefficient (Wildman–Crippen LogP) is 5.44. The fourth-order valence-electron chi connectivity index (χ4n) is 1.98. The molecule has 0 aromatic heterocycles. The Bertz CT molecular complexity index is 271. The Hall–Kier alpha value is 0.752. The zero-order valence-electron chi connectivity index (χ0n) is 16.4. The van der Waals surface area contributed by atoms with E-state index in [2.05, 4.69) is 37.5 Å². The first kappa shape index (κ1) is 30.5. The summed E-state index contributed by atoms with van der Waals surface area (Å²) < 4.78 is 1.27. The van der Waals surface area contributed by atoms with Crippen LogP contribution in [-0.2, 0) is 42.6 Å². The van der Waals surface area contributed by atoms with E-state index in [0.717, 1.165) is 26.2 Å². The first-order chi connectivity index (χ1) is 11.4. The van der Waals surface area contributed by atoms with Crippen LogP contribution in [0.2, 0.25) is 0 Å². The van der Waals surface area contributed by atoms with Gasteiger partial charge >= 0.3 is 17.4 Å². The Labute approximate surface area is 189 Å². The molecule has 0 atom stereocenters. The van der Waals surface area contributed by atoms with Crippen molar-refractivity contribution in [2.75, 3.05) is 26.2 Å². The summed E-state index contributed by atoms with van der Waals surface area (Å²) in [7, 11) is 0. The number of nitrogens with zero attached hydrogens (tertiary/aromatic N) is 2. The minimum atomic E-state index is 0. The second kappa shape index (κ2) is 22.8. The van der Waals surface area contributed by atoms with Gasteiger partial charge in [0.2, 0.25) is 0 Å². The topological polar surface area (TPSA) is 6.48 Å². The molecule has 0 N–H and O–H groups in total. The number of unbranched alkanes of at least 4 members (excludes halogenated alkanes) is 4. The molecule has 0 heterocycles. The van der Waals surface area contributed by atoms with Gasteiger partial charge in [0.15, 0.2) is 0 Å². The van der Waals surface area contributed by atoms with Gasteiger partial charge in [0.05, 0.1) is 0 Å². The third-order valence-electron chi connectivity index (χ3n) is 3.64. The molecule has 0 unspecified atom stereocenters. The maximum atomic E-state index is 4.98. The van der Waals surface area contributed by atoms with Crippen LogP contribution >= 0.6 is 24.4 Å². The maximum Gasteiger partial charge on any atom is 2.00 e. The first-order valence-electron chi connectivity index (χ1n) is 9.36. The van der Waals surface area contributed by atoms with Crippen LogP contribution in [0.4, 0.5) is 0 Å². The monoisotopic (exact) mass is 460 g/mol. The predicted molar refractivity (Wildman–Crippen MR) is 123 cm³/mol. The average molecular weight is 461 g/mol. The third kappa shape index (κ3) is 20.9. The van der Waals surface area contributed by atoms with E-state index in [4.69, 9.17) is 49.7 Å². The van der Waals surface area contributed by atoms with Crippen molar-refractivity contribution >= 4 is 58.3 Å². The fourth-order valence-corrected chi connectivity index (χ4v) is 2.71. The normalized spacial score (nSPS) is 9.44. The molecule has 25 heavy (non-hydrogen) atoms. The van der Waals surface area contributed by atoms with Gasteiger partial charge in [-0.15, -0.1) is 0 Å². The molecular formula is C18H36CrN2S4. The van der Waals surface area contributed by atoms with Gasteiger partial charge in [-0.05, 0) is 25.7 Å². The molecule has 0 aliphatic heterocycles.